The number of allylic oxidation sites excluding steroid dienone is 1. The maximum absolute atomic E-state index is 13.1. The summed E-state index contributed by atoms with van der Waals surface area (Å²) in [5, 5.41) is 8.73. The van der Waals surface area contributed by atoms with Crippen molar-refractivity contribution in [2.75, 3.05) is 24.3 Å². The molecule has 1 N–H and O–H groups in total. The summed E-state index contributed by atoms with van der Waals surface area (Å²) in [4.78, 5) is 17.8. The molecule has 0 saturated carbocycles. The number of fused-ring (bicyclic) bond motifs is 1. The van der Waals surface area contributed by atoms with Crippen molar-refractivity contribution in [3.63, 3.8) is 0 Å². The van der Waals surface area contributed by atoms with Crippen LogP contribution in [0.4, 0.5) is 5.95 Å². The first-order chi connectivity index (χ1) is 15.6. The summed E-state index contributed by atoms with van der Waals surface area (Å²) in [5.74, 6) is 2.05. The molecule has 0 bridgehead atoms. The molecule has 32 heavy (non-hydrogen) atoms. The van der Waals surface area contributed by atoms with Gasteiger partial charge in [0.1, 0.15) is 11.8 Å². The molecule has 1 aliphatic heterocycles. The fourth-order valence-corrected chi connectivity index (χ4v) is 4.37. The molecule has 7 nitrogen and oxygen atoms in total. The molecular formula is C24H34N4O3S. The fourth-order valence-electron chi connectivity index (χ4n) is 3.45. The highest BCUT2D eigenvalue weighted by Gasteiger charge is 2.35. The summed E-state index contributed by atoms with van der Waals surface area (Å²) < 4.78 is 13.3. The van der Waals surface area contributed by atoms with E-state index >= 15 is 0 Å². The van der Waals surface area contributed by atoms with Gasteiger partial charge in [-0.25, -0.2) is 9.48 Å². The molecule has 8 heteroatoms. The third-order valence-electron chi connectivity index (χ3n) is 5.16. The summed E-state index contributed by atoms with van der Waals surface area (Å²) in [6.45, 7) is 9.26. The Balaban J connectivity index is 1.98. The first-order valence-corrected chi connectivity index (χ1v) is 12.5. The molecule has 0 radical (unpaired) electrons. The number of hydrogen-bond donors (Lipinski definition) is 1. The lowest BCUT2D eigenvalue weighted by Crippen LogP contribution is -2.29. The van der Waals surface area contributed by atoms with Crippen LogP contribution in [0.25, 0.3) is 0 Å². The molecule has 1 atom stereocenters. The second-order valence-corrected chi connectivity index (χ2v) is 8.90. The van der Waals surface area contributed by atoms with Gasteiger partial charge in [0.2, 0.25) is 11.1 Å². The zero-order valence-corrected chi connectivity index (χ0v) is 20.3. The van der Waals surface area contributed by atoms with Crippen LogP contribution in [-0.4, -0.2) is 39.7 Å². The second-order valence-electron chi connectivity index (χ2n) is 7.84. The van der Waals surface area contributed by atoms with Crippen LogP contribution in [0.2, 0.25) is 0 Å². The standard InChI is InChI=1S/C24H34N4O3S/c1-5-8-14-31-22(29)20-17(4)25-23-26-24(32-15-9-6-2)27-28(23)21(20)18-11-10-12-19(16-18)30-13-7-3/h10-12,16,21H,5-9,13-15H2,1-4H3,(H,25,26,27). The van der Waals surface area contributed by atoms with E-state index in [2.05, 4.69) is 31.1 Å². The Morgan fingerprint density at radius 1 is 1.16 bits per heavy atom. The number of rotatable bonds is 12. The predicted molar refractivity (Wildman–Crippen MR) is 128 cm³/mol. The van der Waals surface area contributed by atoms with Crippen molar-refractivity contribution in [3.8, 4) is 5.75 Å². The maximum atomic E-state index is 13.1. The molecule has 3 rings (SSSR count). The normalized spacial score (nSPS) is 15.3. The first kappa shape index (κ1) is 24.2. The van der Waals surface area contributed by atoms with E-state index in [0.717, 1.165) is 54.9 Å². The van der Waals surface area contributed by atoms with Gasteiger partial charge in [-0.3, -0.25) is 0 Å². The zero-order chi connectivity index (χ0) is 22.9. The highest BCUT2D eigenvalue weighted by atomic mass is 32.2. The van der Waals surface area contributed by atoms with Crippen molar-refractivity contribution >= 4 is 23.7 Å². The van der Waals surface area contributed by atoms with E-state index in [1.807, 2.05) is 31.2 Å². The summed E-state index contributed by atoms with van der Waals surface area (Å²) in [6.07, 6.45) is 4.96. The van der Waals surface area contributed by atoms with Gasteiger partial charge in [0.25, 0.3) is 0 Å². The molecule has 0 aliphatic carbocycles. The number of benzene rings is 1. The van der Waals surface area contributed by atoms with E-state index < -0.39 is 6.04 Å². The van der Waals surface area contributed by atoms with Crippen LogP contribution in [-0.2, 0) is 9.53 Å². The Bertz CT molecular complexity index is 941. The zero-order valence-electron chi connectivity index (χ0n) is 19.5. The average Bonchev–Trinajstić information content (AvgIpc) is 3.19. The van der Waals surface area contributed by atoms with E-state index in [1.165, 1.54) is 0 Å². The van der Waals surface area contributed by atoms with Crippen LogP contribution >= 0.6 is 11.8 Å². The van der Waals surface area contributed by atoms with Crippen molar-refractivity contribution in [2.24, 2.45) is 0 Å². The van der Waals surface area contributed by atoms with E-state index in [1.54, 1.807) is 16.4 Å². The molecule has 174 valence electrons. The first-order valence-electron chi connectivity index (χ1n) is 11.6. The van der Waals surface area contributed by atoms with Crippen LogP contribution in [0.15, 0.2) is 40.7 Å². The Hall–Kier alpha value is -2.48. The van der Waals surface area contributed by atoms with Gasteiger partial charge < -0.3 is 14.8 Å². The third kappa shape index (κ3) is 5.85. The average molecular weight is 459 g/mol. The number of hydrogen-bond acceptors (Lipinski definition) is 7. The summed E-state index contributed by atoms with van der Waals surface area (Å²) in [6, 6.07) is 7.43. The molecule has 0 amide bonds. The molecule has 0 spiro atoms. The van der Waals surface area contributed by atoms with Gasteiger partial charge in [0.15, 0.2) is 0 Å². The lowest BCUT2D eigenvalue weighted by molar-refractivity contribution is -0.139. The Morgan fingerprint density at radius 2 is 1.97 bits per heavy atom. The molecule has 1 unspecified atom stereocenters. The monoisotopic (exact) mass is 458 g/mol. The lowest BCUT2D eigenvalue weighted by Gasteiger charge is -2.28. The molecule has 2 heterocycles. The van der Waals surface area contributed by atoms with Gasteiger partial charge in [0, 0.05) is 11.4 Å². The number of unbranched alkanes of at least 4 members (excludes halogenated alkanes) is 2. The number of aromatic nitrogens is 3. The van der Waals surface area contributed by atoms with Gasteiger partial charge in [-0.15, -0.1) is 5.10 Å². The van der Waals surface area contributed by atoms with E-state index in [4.69, 9.17) is 14.6 Å². The molecule has 1 aromatic carbocycles. The Morgan fingerprint density at radius 3 is 2.72 bits per heavy atom. The Kier molecular flexibility index (Phi) is 9.02. The largest absolute Gasteiger partial charge is 0.494 e. The highest BCUT2D eigenvalue weighted by molar-refractivity contribution is 7.99. The third-order valence-corrected chi connectivity index (χ3v) is 6.08. The summed E-state index contributed by atoms with van der Waals surface area (Å²) >= 11 is 1.64. The van der Waals surface area contributed by atoms with Crippen molar-refractivity contribution in [2.45, 2.75) is 71.0 Å². The van der Waals surface area contributed by atoms with Crippen molar-refractivity contribution in [1.82, 2.24) is 14.8 Å². The lowest BCUT2D eigenvalue weighted by atomic mass is 9.95. The molecule has 1 aromatic heterocycles. The van der Waals surface area contributed by atoms with Crippen LogP contribution < -0.4 is 10.1 Å². The molecule has 1 aliphatic rings. The van der Waals surface area contributed by atoms with Gasteiger partial charge in [-0.2, -0.15) is 4.98 Å². The van der Waals surface area contributed by atoms with Crippen molar-refractivity contribution < 1.29 is 14.3 Å². The summed E-state index contributed by atoms with van der Waals surface area (Å²) in [7, 11) is 0. The molecule has 0 fully saturated rings. The second kappa shape index (κ2) is 11.9. The van der Waals surface area contributed by atoms with E-state index in [0.29, 0.717) is 29.9 Å². The number of carbonyl (C=O) groups excluding carboxylic acids is 1. The number of nitrogens with one attached hydrogen (secondary N) is 1. The topological polar surface area (TPSA) is 78.3 Å². The van der Waals surface area contributed by atoms with Gasteiger partial charge in [-0.05, 0) is 43.9 Å². The number of nitrogens with zero attached hydrogens (tertiary/aromatic N) is 3. The van der Waals surface area contributed by atoms with Crippen molar-refractivity contribution in [3.05, 3.63) is 41.1 Å². The van der Waals surface area contributed by atoms with Gasteiger partial charge in [-0.1, -0.05) is 57.5 Å². The number of carbonyl (C=O) groups is 1. The molecule has 0 saturated heterocycles. The van der Waals surface area contributed by atoms with Crippen LogP contribution in [0.1, 0.15) is 71.4 Å². The quantitative estimate of drug-likeness (QED) is 0.252. The van der Waals surface area contributed by atoms with E-state index in [9.17, 15) is 4.79 Å². The fraction of sp³-hybridized carbons (Fsp3) is 0.542. The number of thioether (sulfide) groups is 1. The SMILES string of the molecule is CCCCOC(=O)C1=C(C)Nc2nc(SCCCC)nn2C1c1cccc(OCCC)c1. The van der Waals surface area contributed by atoms with Crippen LogP contribution in [0.3, 0.4) is 0 Å². The predicted octanol–water partition coefficient (Wildman–Crippen LogP) is 5.59. The summed E-state index contributed by atoms with van der Waals surface area (Å²) in [5.41, 5.74) is 2.20. The molecular weight excluding hydrogens is 424 g/mol. The number of esters is 1. The minimum Gasteiger partial charge on any atom is -0.494 e. The Labute approximate surface area is 195 Å². The van der Waals surface area contributed by atoms with E-state index in [-0.39, 0.29) is 5.97 Å². The van der Waals surface area contributed by atoms with Crippen LogP contribution in [0, 0.1) is 0 Å². The van der Waals surface area contributed by atoms with Crippen molar-refractivity contribution in [1.29, 1.82) is 0 Å². The maximum Gasteiger partial charge on any atom is 0.338 e. The highest BCUT2D eigenvalue weighted by Crippen LogP contribution is 2.37. The van der Waals surface area contributed by atoms with Gasteiger partial charge >= 0.3 is 5.97 Å². The van der Waals surface area contributed by atoms with Gasteiger partial charge in [0.05, 0.1) is 18.8 Å². The minimum absolute atomic E-state index is 0.324. The molecule has 2 aromatic rings. The smallest absolute Gasteiger partial charge is 0.338 e. The van der Waals surface area contributed by atoms with Crippen LogP contribution in [0.5, 0.6) is 5.75 Å². The number of ether oxygens (including phenoxy) is 2. The number of anilines is 1. The minimum atomic E-state index is -0.432.